The minimum atomic E-state index is 0.541. The summed E-state index contributed by atoms with van der Waals surface area (Å²) < 4.78 is 5.61. The summed E-state index contributed by atoms with van der Waals surface area (Å²) in [5.74, 6) is 0.897. The zero-order chi connectivity index (χ0) is 10.8. The van der Waals surface area contributed by atoms with Crippen LogP contribution in [0.2, 0.25) is 0 Å². The molecular formula is C13H11BO. The normalized spacial score (nSPS) is 11.3. The molecule has 0 aliphatic rings. The lowest BCUT2D eigenvalue weighted by Gasteiger charge is -1.91. The van der Waals surface area contributed by atoms with Gasteiger partial charge in [-0.1, -0.05) is 30.4 Å². The van der Waals surface area contributed by atoms with Crippen LogP contribution in [-0.2, 0) is 0 Å². The lowest BCUT2D eigenvalue weighted by atomic mass is 9.96. The molecule has 1 nitrogen and oxygen atoms in total. The number of benzene rings is 1. The second-order valence-corrected chi connectivity index (χ2v) is 3.48. The first-order valence-electron chi connectivity index (χ1n) is 4.79. The van der Waals surface area contributed by atoms with Crippen molar-refractivity contribution in [3.05, 3.63) is 53.7 Å². The van der Waals surface area contributed by atoms with Crippen LogP contribution in [-0.4, -0.2) is 7.85 Å². The molecule has 15 heavy (non-hydrogen) atoms. The van der Waals surface area contributed by atoms with Gasteiger partial charge in [-0.15, -0.1) is 12.1 Å². The molecule has 2 rings (SSSR count). The number of allylic oxidation sites excluding steroid dienone is 2. The Morgan fingerprint density at radius 1 is 1.40 bits per heavy atom. The fourth-order valence-corrected chi connectivity index (χ4v) is 1.59. The zero-order valence-electron chi connectivity index (χ0n) is 8.66. The fraction of sp³-hybridized carbons (Fsp3) is 0.0769. The highest BCUT2D eigenvalue weighted by atomic mass is 16.3. The number of rotatable bonds is 2. The smallest absolute Gasteiger partial charge is 0.134 e. The summed E-state index contributed by atoms with van der Waals surface area (Å²) in [5.41, 5.74) is 2.51. The highest BCUT2D eigenvalue weighted by molar-refractivity contribution is 6.23. The minimum absolute atomic E-state index is 0.541. The second kappa shape index (κ2) is 3.81. The highest BCUT2D eigenvalue weighted by Crippen LogP contribution is 2.26. The molecule has 0 fully saturated rings. The number of hydrogen-bond donors (Lipinski definition) is 0. The molecule has 0 unspecified atom stereocenters. The van der Waals surface area contributed by atoms with Crippen LogP contribution in [0, 0.1) is 6.92 Å². The van der Waals surface area contributed by atoms with E-state index in [1.807, 2.05) is 37.3 Å². The van der Waals surface area contributed by atoms with E-state index in [4.69, 9.17) is 12.3 Å². The minimum Gasteiger partial charge on any atom is -0.461 e. The predicted molar refractivity (Wildman–Crippen MR) is 64.9 cm³/mol. The fourth-order valence-electron chi connectivity index (χ4n) is 1.59. The topological polar surface area (TPSA) is 13.1 Å². The van der Waals surface area contributed by atoms with E-state index >= 15 is 0 Å². The third-order valence-electron chi connectivity index (χ3n) is 2.28. The lowest BCUT2D eigenvalue weighted by Crippen LogP contribution is -1.74. The number of aryl methyl sites for hydroxylation is 1. The summed E-state index contributed by atoms with van der Waals surface area (Å²) in [6.45, 7) is 5.57. The van der Waals surface area contributed by atoms with E-state index in [0.29, 0.717) is 5.47 Å². The number of fused-ring (bicyclic) bond motifs is 1. The summed E-state index contributed by atoms with van der Waals surface area (Å²) in [6.07, 6.45) is 3.72. The average Bonchev–Trinajstić information content (AvgIpc) is 2.50. The van der Waals surface area contributed by atoms with Crippen molar-refractivity contribution in [1.82, 2.24) is 0 Å². The summed E-state index contributed by atoms with van der Waals surface area (Å²) >= 11 is 0. The Morgan fingerprint density at radius 2 is 2.13 bits per heavy atom. The largest absolute Gasteiger partial charge is 0.461 e. The maximum absolute atomic E-state index is 5.61. The zero-order valence-corrected chi connectivity index (χ0v) is 8.66. The lowest BCUT2D eigenvalue weighted by molar-refractivity contribution is 0.577. The molecule has 0 spiro atoms. The van der Waals surface area contributed by atoms with Gasteiger partial charge < -0.3 is 4.42 Å². The molecule has 0 saturated carbocycles. The first-order valence-corrected chi connectivity index (χ1v) is 4.79. The monoisotopic (exact) mass is 194 g/mol. The SMILES string of the molecule is [B]C(=C)/C=C\c1c(C)oc2ccccc12. The van der Waals surface area contributed by atoms with Crippen molar-refractivity contribution in [1.29, 1.82) is 0 Å². The van der Waals surface area contributed by atoms with Gasteiger partial charge in [-0.2, -0.15) is 0 Å². The van der Waals surface area contributed by atoms with E-state index in [1.165, 1.54) is 0 Å². The molecule has 2 radical (unpaired) electrons. The summed E-state index contributed by atoms with van der Waals surface area (Å²) in [5, 5.41) is 1.10. The van der Waals surface area contributed by atoms with Gasteiger partial charge in [0, 0.05) is 10.9 Å². The Bertz CT molecular complexity index is 534. The first-order chi connectivity index (χ1) is 7.18. The molecule has 0 saturated heterocycles. The molecule has 2 heteroatoms. The molecule has 2 aromatic rings. The van der Waals surface area contributed by atoms with Crippen LogP contribution in [0.5, 0.6) is 0 Å². The van der Waals surface area contributed by atoms with E-state index in [9.17, 15) is 0 Å². The number of para-hydroxylation sites is 1. The van der Waals surface area contributed by atoms with Gasteiger partial charge in [0.1, 0.15) is 19.2 Å². The van der Waals surface area contributed by atoms with Crippen molar-refractivity contribution in [2.24, 2.45) is 0 Å². The van der Waals surface area contributed by atoms with Gasteiger partial charge in [0.2, 0.25) is 0 Å². The molecule has 72 valence electrons. The Balaban J connectivity index is 2.59. The van der Waals surface area contributed by atoms with E-state index < -0.39 is 0 Å². The Hall–Kier alpha value is -1.70. The van der Waals surface area contributed by atoms with E-state index in [-0.39, 0.29) is 0 Å². The van der Waals surface area contributed by atoms with Gasteiger partial charge in [-0.3, -0.25) is 0 Å². The molecule has 0 aliphatic heterocycles. The van der Waals surface area contributed by atoms with E-state index in [2.05, 4.69) is 6.58 Å². The first kappa shape index (κ1) is 9.84. The van der Waals surface area contributed by atoms with Crippen LogP contribution in [0.3, 0.4) is 0 Å². The summed E-state index contributed by atoms with van der Waals surface area (Å²) in [6, 6.07) is 7.94. The molecule has 1 aromatic carbocycles. The summed E-state index contributed by atoms with van der Waals surface area (Å²) in [7, 11) is 5.49. The second-order valence-electron chi connectivity index (χ2n) is 3.48. The molecule has 0 N–H and O–H groups in total. The molecule has 1 aromatic heterocycles. The van der Waals surface area contributed by atoms with E-state index in [0.717, 1.165) is 22.3 Å². The van der Waals surface area contributed by atoms with Crippen molar-refractivity contribution in [2.75, 3.05) is 0 Å². The molecule has 0 amide bonds. The molecule has 0 aliphatic carbocycles. The average molecular weight is 194 g/mol. The van der Waals surface area contributed by atoms with Crippen molar-refractivity contribution in [3.8, 4) is 0 Å². The standard InChI is InChI=1S/C13H11BO/c1-9(14)7-8-11-10(2)15-13-6-4-3-5-12(11)13/h3-8H,1H2,2H3/b8-7-. The maximum Gasteiger partial charge on any atom is 0.134 e. The van der Waals surface area contributed by atoms with Crippen LogP contribution in [0.1, 0.15) is 11.3 Å². The van der Waals surface area contributed by atoms with Crippen LogP contribution in [0.4, 0.5) is 0 Å². The molecular weight excluding hydrogens is 183 g/mol. The maximum atomic E-state index is 5.61. The Kier molecular flexibility index (Phi) is 2.50. The van der Waals surface area contributed by atoms with Gasteiger partial charge >= 0.3 is 0 Å². The Morgan fingerprint density at radius 3 is 2.87 bits per heavy atom. The quantitative estimate of drug-likeness (QED) is 0.527. The van der Waals surface area contributed by atoms with Crippen LogP contribution in [0.15, 0.2) is 46.8 Å². The van der Waals surface area contributed by atoms with Gasteiger partial charge in [0.25, 0.3) is 0 Å². The summed E-state index contributed by atoms with van der Waals surface area (Å²) in [4.78, 5) is 0. The third-order valence-corrected chi connectivity index (χ3v) is 2.28. The van der Waals surface area contributed by atoms with Gasteiger partial charge in [0.05, 0.1) is 0 Å². The van der Waals surface area contributed by atoms with Crippen molar-refractivity contribution in [2.45, 2.75) is 6.92 Å². The Labute approximate surface area is 90.5 Å². The van der Waals surface area contributed by atoms with Gasteiger partial charge in [-0.25, -0.2) is 0 Å². The van der Waals surface area contributed by atoms with Crippen LogP contribution < -0.4 is 0 Å². The number of furan rings is 1. The predicted octanol–water partition coefficient (Wildman–Crippen LogP) is 3.44. The van der Waals surface area contributed by atoms with Crippen molar-refractivity contribution < 1.29 is 4.42 Å². The highest BCUT2D eigenvalue weighted by Gasteiger charge is 2.06. The van der Waals surface area contributed by atoms with Crippen molar-refractivity contribution >= 4 is 24.9 Å². The van der Waals surface area contributed by atoms with Gasteiger partial charge in [0.15, 0.2) is 0 Å². The van der Waals surface area contributed by atoms with E-state index in [1.54, 1.807) is 6.08 Å². The molecule has 1 heterocycles. The van der Waals surface area contributed by atoms with Gasteiger partial charge in [-0.05, 0) is 13.0 Å². The van der Waals surface area contributed by atoms with Crippen LogP contribution in [0.25, 0.3) is 17.0 Å². The molecule has 0 bridgehead atoms. The number of hydrogen-bond acceptors (Lipinski definition) is 1. The van der Waals surface area contributed by atoms with Crippen LogP contribution >= 0.6 is 0 Å². The molecule has 0 atom stereocenters. The van der Waals surface area contributed by atoms with Crippen molar-refractivity contribution in [3.63, 3.8) is 0 Å². The third kappa shape index (κ3) is 1.89.